The van der Waals surface area contributed by atoms with Crippen LogP contribution in [0.4, 0.5) is 0 Å². The lowest BCUT2D eigenvalue weighted by atomic mass is 10.1. The van der Waals surface area contributed by atoms with Crippen LogP contribution >= 0.6 is 0 Å². The molecule has 1 aromatic carbocycles. The van der Waals surface area contributed by atoms with Crippen molar-refractivity contribution in [3.05, 3.63) is 46.8 Å². The summed E-state index contributed by atoms with van der Waals surface area (Å²) < 4.78 is 1.79. The number of rotatable bonds is 3. The summed E-state index contributed by atoms with van der Waals surface area (Å²) in [6.45, 7) is 3.63. The molecule has 98 valence electrons. The van der Waals surface area contributed by atoms with Crippen LogP contribution in [0.2, 0.25) is 0 Å². The van der Waals surface area contributed by atoms with E-state index < -0.39 is 5.97 Å². The smallest absolute Gasteiger partial charge is 0.339 e. The lowest BCUT2D eigenvalue weighted by Crippen LogP contribution is -2.02. The molecule has 0 radical (unpaired) electrons. The zero-order valence-electron chi connectivity index (χ0n) is 10.5. The van der Waals surface area contributed by atoms with Crippen molar-refractivity contribution >= 4 is 12.3 Å². The molecule has 0 aliphatic heterocycles. The highest BCUT2D eigenvalue weighted by Gasteiger charge is 2.14. The Morgan fingerprint density at radius 3 is 2.42 bits per heavy atom. The van der Waals surface area contributed by atoms with Gasteiger partial charge in [-0.25, -0.2) is 4.79 Å². The van der Waals surface area contributed by atoms with E-state index >= 15 is 0 Å². The van der Waals surface area contributed by atoms with Gasteiger partial charge in [-0.15, -0.1) is 0 Å². The second-order valence-corrected chi connectivity index (χ2v) is 4.29. The van der Waals surface area contributed by atoms with Crippen LogP contribution in [-0.4, -0.2) is 27.0 Å². The number of carboxylic acid groups (broad SMARTS) is 1. The van der Waals surface area contributed by atoms with Crippen molar-refractivity contribution in [2.45, 2.75) is 13.8 Å². The molecule has 0 saturated heterocycles. The highest BCUT2D eigenvalue weighted by molar-refractivity contribution is 5.91. The Hall–Kier alpha value is -2.56. The third-order valence-electron chi connectivity index (χ3n) is 3.07. The normalized spacial score (nSPS) is 10.4. The minimum Gasteiger partial charge on any atom is -0.507 e. The average molecular weight is 259 g/mol. The van der Waals surface area contributed by atoms with E-state index in [4.69, 9.17) is 5.11 Å². The van der Waals surface area contributed by atoms with Crippen molar-refractivity contribution in [2.24, 2.45) is 0 Å². The molecule has 2 rings (SSSR count). The van der Waals surface area contributed by atoms with E-state index in [0.717, 1.165) is 17.7 Å². The summed E-state index contributed by atoms with van der Waals surface area (Å²) in [5.74, 6) is -1.48. The Morgan fingerprint density at radius 2 is 1.95 bits per heavy atom. The fraction of sp³-hybridized carbons (Fsp3) is 0.143. The number of nitrogens with zero attached hydrogens (tertiary/aromatic N) is 1. The number of carboxylic acids is 1. The molecule has 0 aliphatic rings. The largest absolute Gasteiger partial charge is 0.507 e. The summed E-state index contributed by atoms with van der Waals surface area (Å²) in [5, 5.41) is 18.6. The molecule has 1 heterocycles. The molecule has 2 N–H and O–H groups in total. The van der Waals surface area contributed by atoms with Gasteiger partial charge in [0.1, 0.15) is 11.3 Å². The van der Waals surface area contributed by atoms with E-state index in [2.05, 4.69) is 0 Å². The maximum absolute atomic E-state index is 10.9. The molecule has 0 atom stereocenters. The first-order valence-electron chi connectivity index (χ1n) is 5.66. The van der Waals surface area contributed by atoms with Crippen LogP contribution in [0.3, 0.4) is 0 Å². The Bertz CT molecular complexity index is 670. The maximum Gasteiger partial charge on any atom is 0.339 e. The van der Waals surface area contributed by atoms with Crippen LogP contribution in [0.1, 0.15) is 32.1 Å². The monoisotopic (exact) mass is 259 g/mol. The van der Waals surface area contributed by atoms with Gasteiger partial charge in [-0.3, -0.25) is 4.79 Å². The standard InChI is InChI=1S/C14H13NO4/c1-8-5-10(7-16)9(2)15(8)11-3-4-12(14(18)19)13(17)6-11/h3-7,17H,1-2H3,(H,18,19). The Balaban J connectivity index is 2.60. The number of hydrogen-bond acceptors (Lipinski definition) is 3. The number of aldehydes is 1. The van der Waals surface area contributed by atoms with Crippen molar-refractivity contribution in [3.8, 4) is 11.4 Å². The predicted octanol–water partition coefficient (Wildman–Crippen LogP) is 2.31. The van der Waals surface area contributed by atoms with Crippen molar-refractivity contribution in [1.82, 2.24) is 4.57 Å². The minimum absolute atomic E-state index is 0.151. The van der Waals surface area contributed by atoms with Crippen LogP contribution in [0.15, 0.2) is 24.3 Å². The highest BCUT2D eigenvalue weighted by atomic mass is 16.4. The summed E-state index contributed by atoms with van der Waals surface area (Å²) in [5.41, 5.74) is 2.61. The summed E-state index contributed by atoms with van der Waals surface area (Å²) in [6, 6.07) is 6.05. The Labute approximate surface area is 109 Å². The lowest BCUT2D eigenvalue weighted by molar-refractivity contribution is 0.0693. The molecule has 19 heavy (non-hydrogen) atoms. The third kappa shape index (κ3) is 2.10. The van der Waals surface area contributed by atoms with Gasteiger partial charge in [-0.05, 0) is 32.0 Å². The number of aromatic nitrogens is 1. The number of aryl methyl sites for hydroxylation is 1. The van der Waals surface area contributed by atoms with Crippen molar-refractivity contribution < 1.29 is 19.8 Å². The molecule has 0 spiro atoms. The van der Waals surface area contributed by atoms with Gasteiger partial charge in [0.15, 0.2) is 6.29 Å². The molecule has 5 heteroatoms. The maximum atomic E-state index is 10.9. The van der Waals surface area contributed by atoms with E-state index in [1.165, 1.54) is 12.1 Å². The van der Waals surface area contributed by atoms with Crippen LogP contribution in [0.25, 0.3) is 5.69 Å². The number of phenols is 1. The molecule has 0 fully saturated rings. The molecular weight excluding hydrogens is 246 g/mol. The zero-order chi connectivity index (χ0) is 14.2. The van der Waals surface area contributed by atoms with Gasteiger partial charge < -0.3 is 14.8 Å². The second-order valence-electron chi connectivity index (χ2n) is 4.29. The SMILES string of the molecule is Cc1cc(C=O)c(C)n1-c1ccc(C(=O)O)c(O)c1. The van der Waals surface area contributed by atoms with Crippen LogP contribution < -0.4 is 0 Å². The lowest BCUT2D eigenvalue weighted by Gasteiger charge is -2.11. The van der Waals surface area contributed by atoms with Gasteiger partial charge in [0.25, 0.3) is 0 Å². The topological polar surface area (TPSA) is 79.5 Å². The number of carbonyl (C=O) groups is 2. The van der Waals surface area contributed by atoms with E-state index in [0.29, 0.717) is 11.3 Å². The number of aromatic carboxylic acids is 1. The average Bonchev–Trinajstić information content (AvgIpc) is 2.63. The first kappa shape index (κ1) is 12.9. The van der Waals surface area contributed by atoms with Crippen LogP contribution in [-0.2, 0) is 0 Å². The number of hydrogen-bond donors (Lipinski definition) is 2. The first-order chi connectivity index (χ1) is 8.95. The van der Waals surface area contributed by atoms with Crippen LogP contribution in [0, 0.1) is 13.8 Å². The number of carbonyl (C=O) groups excluding carboxylic acids is 1. The highest BCUT2D eigenvalue weighted by Crippen LogP contribution is 2.25. The number of aromatic hydroxyl groups is 1. The molecule has 5 nitrogen and oxygen atoms in total. The van der Waals surface area contributed by atoms with Gasteiger partial charge in [0, 0.05) is 28.7 Å². The molecule has 2 aromatic rings. The summed E-state index contributed by atoms with van der Waals surface area (Å²) in [4.78, 5) is 21.7. The summed E-state index contributed by atoms with van der Waals surface area (Å²) in [7, 11) is 0. The van der Waals surface area contributed by atoms with E-state index in [-0.39, 0.29) is 11.3 Å². The summed E-state index contributed by atoms with van der Waals surface area (Å²) in [6.07, 6.45) is 0.768. The van der Waals surface area contributed by atoms with E-state index in [9.17, 15) is 14.7 Å². The molecule has 1 aromatic heterocycles. The Kier molecular flexibility index (Phi) is 3.12. The first-order valence-corrected chi connectivity index (χ1v) is 5.66. The van der Waals surface area contributed by atoms with Gasteiger partial charge in [0.05, 0.1) is 0 Å². The van der Waals surface area contributed by atoms with E-state index in [1.54, 1.807) is 23.6 Å². The van der Waals surface area contributed by atoms with Crippen molar-refractivity contribution in [1.29, 1.82) is 0 Å². The fourth-order valence-corrected chi connectivity index (χ4v) is 2.14. The quantitative estimate of drug-likeness (QED) is 0.829. The molecule has 0 amide bonds. The zero-order valence-corrected chi connectivity index (χ0v) is 10.5. The van der Waals surface area contributed by atoms with Crippen LogP contribution in [0.5, 0.6) is 5.75 Å². The molecule has 0 saturated carbocycles. The third-order valence-corrected chi connectivity index (χ3v) is 3.07. The van der Waals surface area contributed by atoms with Gasteiger partial charge in [-0.1, -0.05) is 0 Å². The Morgan fingerprint density at radius 1 is 1.26 bits per heavy atom. The second kappa shape index (κ2) is 4.61. The molecule has 0 bridgehead atoms. The van der Waals surface area contributed by atoms with Crippen molar-refractivity contribution in [2.75, 3.05) is 0 Å². The fourth-order valence-electron chi connectivity index (χ4n) is 2.14. The summed E-state index contributed by atoms with van der Waals surface area (Å²) >= 11 is 0. The minimum atomic E-state index is -1.18. The molecular formula is C14H13NO4. The van der Waals surface area contributed by atoms with Gasteiger partial charge >= 0.3 is 5.97 Å². The van der Waals surface area contributed by atoms with Crippen molar-refractivity contribution in [3.63, 3.8) is 0 Å². The van der Waals surface area contributed by atoms with E-state index in [1.807, 2.05) is 6.92 Å². The number of benzene rings is 1. The predicted molar refractivity (Wildman–Crippen MR) is 69.3 cm³/mol. The molecule has 0 aliphatic carbocycles. The van der Waals surface area contributed by atoms with Gasteiger partial charge in [-0.2, -0.15) is 0 Å². The molecule has 0 unspecified atom stereocenters. The van der Waals surface area contributed by atoms with Gasteiger partial charge in [0.2, 0.25) is 0 Å².